The summed E-state index contributed by atoms with van der Waals surface area (Å²) in [5, 5.41) is 9.48. The van der Waals surface area contributed by atoms with Gasteiger partial charge in [0.25, 0.3) is 0 Å². The normalized spacial score (nSPS) is 28.9. The van der Waals surface area contributed by atoms with Crippen molar-refractivity contribution in [3.63, 3.8) is 0 Å². The Hall–Kier alpha value is -1.06. The van der Waals surface area contributed by atoms with Crippen LogP contribution in [0.2, 0.25) is 0 Å². The molecule has 110 valence electrons. The summed E-state index contributed by atoms with van der Waals surface area (Å²) in [5.74, 6) is 0.348. The van der Waals surface area contributed by atoms with Crippen LogP contribution in [0.3, 0.4) is 0 Å². The Labute approximate surface area is 121 Å². The van der Waals surface area contributed by atoms with Gasteiger partial charge in [-0.2, -0.15) is 0 Å². The van der Waals surface area contributed by atoms with E-state index in [0.717, 1.165) is 19.6 Å². The summed E-state index contributed by atoms with van der Waals surface area (Å²) in [6.07, 6.45) is 6.65. The van der Waals surface area contributed by atoms with Gasteiger partial charge in [0.1, 0.15) is 5.75 Å². The average Bonchev–Trinajstić information content (AvgIpc) is 2.50. The molecule has 3 unspecified atom stereocenters. The molecule has 1 heterocycles. The van der Waals surface area contributed by atoms with E-state index in [0.29, 0.717) is 23.9 Å². The number of nitrogens with zero attached hydrogens (tertiary/aromatic N) is 1. The summed E-state index contributed by atoms with van der Waals surface area (Å²) in [6, 6.07) is 8.77. The third-order valence-electron chi connectivity index (χ3n) is 4.84. The first-order chi connectivity index (χ1) is 9.79. The lowest BCUT2D eigenvalue weighted by atomic mass is 9.88. The first kappa shape index (κ1) is 13.9. The van der Waals surface area contributed by atoms with Crippen LogP contribution in [-0.2, 0) is 4.74 Å². The first-order valence-corrected chi connectivity index (χ1v) is 7.96. The summed E-state index contributed by atoms with van der Waals surface area (Å²) >= 11 is 0. The second-order valence-electron chi connectivity index (χ2n) is 6.01. The molecule has 1 saturated carbocycles. The third-order valence-corrected chi connectivity index (χ3v) is 4.84. The molecule has 3 heteroatoms. The maximum Gasteiger partial charge on any atom is 0.115 e. The number of phenols is 1. The quantitative estimate of drug-likeness (QED) is 0.916. The highest BCUT2D eigenvalue weighted by atomic mass is 16.5. The Balaban J connectivity index is 1.82. The molecule has 2 fully saturated rings. The van der Waals surface area contributed by atoms with Crippen molar-refractivity contribution in [2.75, 3.05) is 13.2 Å². The molecule has 3 atom stereocenters. The van der Waals surface area contributed by atoms with E-state index in [2.05, 4.69) is 24.0 Å². The number of aromatic hydroxyl groups is 1. The first-order valence-electron chi connectivity index (χ1n) is 7.96. The topological polar surface area (TPSA) is 32.7 Å². The predicted octanol–water partition coefficient (Wildman–Crippen LogP) is 3.49. The molecule has 0 bridgehead atoms. The molecular weight excluding hydrogens is 250 g/mol. The van der Waals surface area contributed by atoms with Crippen LogP contribution in [0.4, 0.5) is 0 Å². The second kappa shape index (κ2) is 6.15. The van der Waals surface area contributed by atoms with E-state index < -0.39 is 0 Å². The van der Waals surface area contributed by atoms with Gasteiger partial charge in [0.15, 0.2) is 0 Å². The van der Waals surface area contributed by atoms with Crippen LogP contribution in [0.15, 0.2) is 24.3 Å². The van der Waals surface area contributed by atoms with Crippen LogP contribution in [0, 0.1) is 0 Å². The van der Waals surface area contributed by atoms with Gasteiger partial charge in [0, 0.05) is 18.6 Å². The second-order valence-corrected chi connectivity index (χ2v) is 6.01. The highest BCUT2D eigenvalue weighted by molar-refractivity contribution is 5.28. The van der Waals surface area contributed by atoms with E-state index in [4.69, 9.17) is 4.74 Å². The van der Waals surface area contributed by atoms with E-state index in [1.807, 2.05) is 0 Å². The number of fused-ring (bicyclic) bond motifs is 1. The van der Waals surface area contributed by atoms with Crippen molar-refractivity contribution in [1.29, 1.82) is 0 Å². The zero-order chi connectivity index (χ0) is 13.9. The Bertz CT molecular complexity index is 429. The summed E-state index contributed by atoms with van der Waals surface area (Å²) in [7, 11) is 0. The van der Waals surface area contributed by atoms with E-state index in [-0.39, 0.29) is 0 Å². The maximum atomic E-state index is 9.48. The molecular formula is C17H25NO2. The highest BCUT2D eigenvalue weighted by Crippen LogP contribution is 2.35. The van der Waals surface area contributed by atoms with Gasteiger partial charge in [-0.15, -0.1) is 0 Å². The zero-order valence-electron chi connectivity index (χ0n) is 12.3. The molecule has 0 aromatic heterocycles. The summed E-state index contributed by atoms with van der Waals surface area (Å²) in [4.78, 5) is 2.65. The largest absolute Gasteiger partial charge is 0.508 e. The molecule has 3 nitrogen and oxygen atoms in total. The maximum absolute atomic E-state index is 9.48. The lowest BCUT2D eigenvalue weighted by Crippen LogP contribution is -2.53. The monoisotopic (exact) mass is 275 g/mol. The van der Waals surface area contributed by atoms with Gasteiger partial charge in [0.2, 0.25) is 0 Å². The number of ether oxygens (including phenoxy) is 1. The minimum atomic E-state index is 0.348. The molecule has 1 aliphatic carbocycles. The zero-order valence-corrected chi connectivity index (χ0v) is 12.3. The van der Waals surface area contributed by atoms with Gasteiger partial charge in [-0.05, 0) is 37.0 Å². The van der Waals surface area contributed by atoms with E-state index in [9.17, 15) is 5.11 Å². The third kappa shape index (κ3) is 2.70. The number of hydrogen-bond acceptors (Lipinski definition) is 3. The number of benzene rings is 1. The van der Waals surface area contributed by atoms with Gasteiger partial charge in [-0.1, -0.05) is 31.9 Å². The Morgan fingerprint density at radius 2 is 2.00 bits per heavy atom. The van der Waals surface area contributed by atoms with Gasteiger partial charge < -0.3 is 9.84 Å². The van der Waals surface area contributed by atoms with E-state index >= 15 is 0 Å². The van der Waals surface area contributed by atoms with Crippen molar-refractivity contribution in [1.82, 2.24) is 4.90 Å². The Morgan fingerprint density at radius 3 is 2.75 bits per heavy atom. The minimum absolute atomic E-state index is 0.348. The molecule has 3 rings (SSSR count). The highest BCUT2D eigenvalue weighted by Gasteiger charge is 2.37. The summed E-state index contributed by atoms with van der Waals surface area (Å²) in [6.45, 7) is 4.14. The van der Waals surface area contributed by atoms with Crippen molar-refractivity contribution in [3.8, 4) is 5.75 Å². The van der Waals surface area contributed by atoms with Crippen molar-refractivity contribution < 1.29 is 9.84 Å². The molecule has 20 heavy (non-hydrogen) atoms. The SMILES string of the molecule is CCC(c1ccc(O)cc1)N1CCOC2CCCCC21. The van der Waals surface area contributed by atoms with Crippen LogP contribution < -0.4 is 0 Å². The molecule has 1 aromatic carbocycles. The molecule has 0 spiro atoms. The number of rotatable bonds is 3. The lowest BCUT2D eigenvalue weighted by Gasteiger charge is -2.47. The van der Waals surface area contributed by atoms with Crippen molar-refractivity contribution >= 4 is 0 Å². The van der Waals surface area contributed by atoms with Crippen molar-refractivity contribution in [2.24, 2.45) is 0 Å². The van der Waals surface area contributed by atoms with Crippen LogP contribution >= 0.6 is 0 Å². The fourth-order valence-electron chi connectivity index (χ4n) is 3.87. The number of hydrogen-bond donors (Lipinski definition) is 1. The Kier molecular flexibility index (Phi) is 4.27. The van der Waals surface area contributed by atoms with Gasteiger partial charge in [-0.25, -0.2) is 0 Å². The van der Waals surface area contributed by atoms with E-state index in [1.165, 1.54) is 31.2 Å². The fraction of sp³-hybridized carbons (Fsp3) is 0.647. The van der Waals surface area contributed by atoms with Crippen molar-refractivity contribution in [3.05, 3.63) is 29.8 Å². The summed E-state index contributed by atoms with van der Waals surface area (Å²) < 4.78 is 5.98. The summed E-state index contributed by atoms with van der Waals surface area (Å²) in [5.41, 5.74) is 1.32. The molecule has 1 aliphatic heterocycles. The average molecular weight is 275 g/mol. The van der Waals surface area contributed by atoms with Crippen LogP contribution in [0.1, 0.15) is 50.6 Å². The van der Waals surface area contributed by atoms with Gasteiger partial charge in [-0.3, -0.25) is 4.90 Å². The number of morpholine rings is 1. The molecule has 1 aromatic rings. The smallest absolute Gasteiger partial charge is 0.115 e. The van der Waals surface area contributed by atoms with Crippen LogP contribution in [0.5, 0.6) is 5.75 Å². The lowest BCUT2D eigenvalue weighted by molar-refractivity contribution is -0.104. The predicted molar refractivity (Wildman–Crippen MR) is 79.8 cm³/mol. The van der Waals surface area contributed by atoms with Crippen molar-refractivity contribution in [2.45, 2.75) is 57.2 Å². The van der Waals surface area contributed by atoms with Gasteiger partial charge in [0.05, 0.1) is 12.7 Å². The Morgan fingerprint density at radius 1 is 1.25 bits per heavy atom. The van der Waals surface area contributed by atoms with E-state index in [1.54, 1.807) is 12.1 Å². The molecule has 2 aliphatic rings. The fourth-order valence-corrected chi connectivity index (χ4v) is 3.87. The number of phenolic OH excluding ortho intramolecular Hbond substituents is 1. The van der Waals surface area contributed by atoms with Crippen LogP contribution in [-0.4, -0.2) is 35.3 Å². The minimum Gasteiger partial charge on any atom is -0.508 e. The molecule has 1 saturated heterocycles. The van der Waals surface area contributed by atoms with Gasteiger partial charge >= 0.3 is 0 Å². The molecule has 0 amide bonds. The standard InChI is InChI=1S/C17H25NO2/c1-2-15(13-7-9-14(19)10-8-13)18-11-12-20-17-6-4-3-5-16(17)18/h7-10,15-17,19H,2-6,11-12H2,1H3. The van der Waals surface area contributed by atoms with Crippen LogP contribution in [0.25, 0.3) is 0 Å². The molecule has 0 radical (unpaired) electrons. The molecule has 1 N–H and O–H groups in total.